The molecule has 0 aliphatic carbocycles. The standard InChI is InChI=1S/C13H17ClFNO/c1-2-10-5-6-17-13(8-16-10)9-3-4-12(15)11(14)7-9/h3-4,7,10,13,16H,2,5-6,8H2,1H3. The highest BCUT2D eigenvalue weighted by molar-refractivity contribution is 6.30. The first kappa shape index (κ1) is 12.8. The summed E-state index contributed by atoms with van der Waals surface area (Å²) in [5.41, 5.74) is 0.931. The van der Waals surface area contributed by atoms with E-state index in [1.807, 2.05) is 0 Å². The van der Waals surface area contributed by atoms with E-state index >= 15 is 0 Å². The van der Waals surface area contributed by atoms with Crippen molar-refractivity contribution in [2.75, 3.05) is 13.2 Å². The van der Waals surface area contributed by atoms with E-state index in [-0.39, 0.29) is 16.9 Å². The minimum atomic E-state index is -0.386. The third-order valence-corrected chi connectivity index (χ3v) is 3.48. The third-order valence-electron chi connectivity index (χ3n) is 3.19. The summed E-state index contributed by atoms with van der Waals surface area (Å²) in [4.78, 5) is 0. The van der Waals surface area contributed by atoms with E-state index in [1.54, 1.807) is 12.1 Å². The Morgan fingerprint density at radius 2 is 2.35 bits per heavy atom. The van der Waals surface area contributed by atoms with Crippen LogP contribution in [0.5, 0.6) is 0 Å². The minimum Gasteiger partial charge on any atom is -0.372 e. The van der Waals surface area contributed by atoms with Gasteiger partial charge in [-0.1, -0.05) is 24.6 Å². The number of hydrogen-bond donors (Lipinski definition) is 1. The number of rotatable bonds is 2. The van der Waals surface area contributed by atoms with Crippen LogP contribution in [0, 0.1) is 5.82 Å². The van der Waals surface area contributed by atoms with Crippen molar-refractivity contribution in [1.29, 1.82) is 0 Å². The number of halogens is 2. The number of benzene rings is 1. The van der Waals surface area contributed by atoms with E-state index in [0.717, 1.165) is 31.6 Å². The van der Waals surface area contributed by atoms with Gasteiger partial charge in [-0.15, -0.1) is 0 Å². The molecule has 2 rings (SSSR count). The lowest BCUT2D eigenvalue weighted by Gasteiger charge is -2.16. The molecule has 1 aromatic carbocycles. The normalized spacial score (nSPS) is 25.6. The van der Waals surface area contributed by atoms with Gasteiger partial charge in [0, 0.05) is 19.2 Å². The Labute approximate surface area is 106 Å². The fourth-order valence-electron chi connectivity index (χ4n) is 2.06. The molecule has 2 atom stereocenters. The predicted octanol–water partition coefficient (Wildman–Crippen LogP) is 3.31. The molecule has 0 radical (unpaired) electrons. The Kier molecular flexibility index (Phi) is 4.37. The third kappa shape index (κ3) is 3.18. The minimum absolute atomic E-state index is 0.0374. The average Bonchev–Trinajstić information content (AvgIpc) is 2.58. The SMILES string of the molecule is CCC1CCOC(c2ccc(F)c(Cl)c2)CN1. The highest BCUT2D eigenvalue weighted by Gasteiger charge is 2.19. The molecule has 0 saturated carbocycles. The summed E-state index contributed by atoms with van der Waals surface area (Å²) in [6.45, 7) is 3.64. The van der Waals surface area contributed by atoms with Crippen LogP contribution in [0.1, 0.15) is 31.4 Å². The number of hydrogen-bond acceptors (Lipinski definition) is 2. The van der Waals surface area contributed by atoms with E-state index < -0.39 is 0 Å². The van der Waals surface area contributed by atoms with Gasteiger partial charge in [0.2, 0.25) is 0 Å². The Morgan fingerprint density at radius 1 is 1.53 bits per heavy atom. The van der Waals surface area contributed by atoms with Gasteiger partial charge in [0.05, 0.1) is 11.1 Å². The van der Waals surface area contributed by atoms with Crippen molar-refractivity contribution < 1.29 is 9.13 Å². The van der Waals surface area contributed by atoms with Crippen LogP contribution in [-0.2, 0) is 4.74 Å². The van der Waals surface area contributed by atoms with E-state index in [9.17, 15) is 4.39 Å². The van der Waals surface area contributed by atoms with Crippen molar-refractivity contribution >= 4 is 11.6 Å². The van der Waals surface area contributed by atoms with E-state index in [1.165, 1.54) is 6.07 Å². The van der Waals surface area contributed by atoms with Gasteiger partial charge in [-0.3, -0.25) is 0 Å². The molecule has 0 bridgehead atoms. The largest absolute Gasteiger partial charge is 0.372 e. The highest BCUT2D eigenvalue weighted by Crippen LogP contribution is 2.24. The maximum atomic E-state index is 13.1. The average molecular weight is 258 g/mol. The van der Waals surface area contributed by atoms with Crippen LogP contribution in [0.4, 0.5) is 4.39 Å². The molecule has 1 heterocycles. The fourth-order valence-corrected chi connectivity index (χ4v) is 2.25. The predicted molar refractivity (Wildman–Crippen MR) is 66.8 cm³/mol. The van der Waals surface area contributed by atoms with Gasteiger partial charge in [-0.2, -0.15) is 0 Å². The zero-order valence-electron chi connectivity index (χ0n) is 9.88. The van der Waals surface area contributed by atoms with Gasteiger partial charge in [0.15, 0.2) is 0 Å². The maximum absolute atomic E-state index is 13.1. The van der Waals surface area contributed by atoms with Gasteiger partial charge >= 0.3 is 0 Å². The summed E-state index contributed by atoms with van der Waals surface area (Å²) < 4.78 is 18.8. The molecule has 1 aromatic rings. The first-order valence-electron chi connectivity index (χ1n) is 6.00. The van der Waals surface area contributed by atoms with Crippen molar-refractivity contribution in [2.24, 2.45) is 0 Å². The second kappa shape index (κ2) is 5.80. The smallest absolute Gasteiger partial charge is 0.141 e. The van der Waals surface area contributed by atoms with Crippen LogP contribution < -0.4 is 5.32 Å². The summed E-state index contributed by atoms with van der Waals surface area (Å²) in [6, 6.07) is 5.29. The summed E-state index contributed by atoms with van der Waals surface area (Å²) >= 11 is 5.78. The Bertz CT molecular complexity index is 386. The first-order valence-corrected chi connectivity index (χ1v) is 6.38. The van der Waals surface area contributed by atoms with Crippen LogP contribution in [0.25, 0.3) is 0 Å². The van der Waals surface area contributed by atoms with Gasteiger partial charge in [0.1, 0.15) is 5.82 Å². The second-order valence-electron chi connectivity index (χ2n) is 4.34. The number of nitrogens with one attached hydrogen (secondary N) is 1. The van der Waals surface area contributed by atoms with E-state index in [0.29, 0.717) is 6.04 Å². The molecule has 2 unspecified atom stereocenters. The molecular weight excluding hydrogens is 241 g/mol. The topological polar surface area (TPSA) is 21.3 Å². The summed E-state index contributed by atoms with van der Waals surface area (Å²) in [5, 5.41) is 3.61. The highest BCUT2D eigenvalue weighted by atomic mass is 35.5. The quantitative estimate of drug-likeness (QED) is 0.878. The first-order chi connectivity index (χ1) is 8.20. The molecule has 94 valence electrons. The Morgan fingerprint density at radius 3 is 3.06 bits per heavy atom. The molecule has 0 amide bonds. The van der Waals surface area contributed by atoms with Gasteiger partial charge in [-0.05, 0) is 30.5 Å². The van der Waals surface area contributed by atoms with Crippen molar-refractivity contribution in [3.63, 3.8) is 0 Å². The molecule has 17 heavy (non-hydrogen) atoms. The molecule has 1 N–H and O–H groups in total. The van der Waals surface area contributed by atoms with Gasteiger partial charge in [-0.25, -0.2) is 4.39 Å². The zero-order chi connectivity index (χ0) is 12.3. The number of ether oxygens (including phenoxy) is 1. The van der Waals surface area contributed by atoms with Crippen LogP contribution in [-0.4, -0.2) is 19.2 Å². The fraction of sp³-hybridized carbons (Fsp3) is 0.538. The molecule has 0 spiro atoms. The summed E-state index contributed by atoms with van der Waals surface area (Å²) in [7, 11) is 0. The Balaban J connectivity index is 2.08. The zero-order valence-corrected chi connectivity index (χ0v) is 10.6. The van der Waals surface area contributed by atoms with Crippen LogP contribution in [0.3, 0.4) is 0 Å². The van der Waals surface area contributed by atoms with E-state index in [4.69, 9.17) is 16.3 Å². The second-order valence-corrected chi connectivity index (χ2v) is 4.74. The Hall–Kier alpha value is -0.640. The lowest BCUT2D eigenvalue weighted by molar-refractivity contribution is 0.0663. The van der Waals surface area contributed by atoms with E-state index in [2.05, 4.69) is 12.2 Å². The van der Waals surface area contributed by atoms with Crippen LogP contribution >= 0.6 is 11.6 Å². The lowest BCUT2D eigenvalue weighted by atomic mass is 10.1. The molecular formula is C13H17ClFNO. The van der Waals surface area contributed by atoms with Crippen molar-refractivity contribution in [1.82, 2.24) is 5.32 Å². The lowest BCUT2D eigenvalue weighted by Crippen LogP contribution is -2.29. The molecule has 0 aromatic heterocycles. The molecule has 4 heteroatoms. The summed E-state index contributed by atoms with van der Waals surface area (Å²) in [6.07, 6.45) is 2.08. The molecule has 1 fully saturated rings. The van der Waals surface area contributed by atoms with Crippen LogP contribution in [0.15, 0.2) is 18.2 Å². The monoisotopic (exact) mass is 257 g/mol. The van der Waals surface area contributed by atoms with Crippen molar-refractivity contribution in [3.05, 3.63) is 34.6 Å². The molecule has 1 saturated heterocycles. The maximum Gasteiger partial charge on any atom is 0.141 e. The molecule has 2 nitrogen and oxygen atoms in total. The molecule has 1 aliphatic rings. The van der Waals surface area contributed by atoms with Crippen molar-refractivity contribution in [2.45, 2.75) is 31.9 Å². The van der Waals surface area contributed by atoms with Crippen LogP contribution in [0.2, 0.25) is 5.02 Å². The van der Waals surface area contributed by atoms with Gasteiger partial charge < -0.3 is 10.1 Å². The summed E-state index contributed by atoms with van der Waals surface area (Å²) in [5.74, 6) is -0.386. The van der Waals surface area contributed by atoms with Crippen molar-refractivity contribution in [3.8, 4) is 0 Å². The molecule has 1 aliphatic heterocycles. The van der Waals surface area contributed by atoms with Gasteiger partial charge in [0.25, 0.3) is 0 Å².